The predicted molar refractivity (Wildman–Crippen MR) is 78.8 cm³/mol. The van der Waals surface area contributed by atoms with Gasteiger partial charge in [0.25, 0.3) is 0 Å². The molecule has 0 spiro atoms. The number of hydrogen-bond donors (Lipinski definition) is 2. The molecule has 20 heavy (non-hydrogen) atoms. The fourth-order valence-electron chi connectivity index (χ4n) is 2.82. The van der Waals surface area contributed by atoms with Crippen molar-refractivity contribution >= 4 is 11.6 Å². The molecule has 0 saturated carbocycles. The number of hydrogen-bond acceptors (Lipinski definition) is 3. The van der Waals surface area contributed by atoms with E-state index in [9.17, 15) is 5.11 Å². The van der Waals surface area contributed by atoms with Crippen LogP contribution in [0.1, 0.15) is 35.7 Å². The summed E-state index contributed by atoms with van der Waals surface area (Å²) in [5, 5.41) is 17.7. The number of halogens is 1. The SMILES string of the molecule is Cn1ncc2c1CCCC2NCc1ccc(O)c(Cl)c1. The van der Waals surface area contributed by atoms with Crippen molar-refractivity contribution in [1.82, 2.24) is 15.1 Å². The summed E-state index contributed by atoms with van der Waals surface area (Å²) >= 11 is 5.93. The normalized spacial score (nSPS) is 18.0. The van der Waals surface area contributed by atoms with Crippen LogP contribution in [0.25, 0.3) is 0 Å². The molecule has 0 aliphatic heterocycles. The number of phenols is 1. The average Bonchev–Trinajstić information content (AvgIpc) is 2.83. The monoisotopic (exact) mass is 291 g/mol. The first-order valence-corrected chi connectivity index (χ1v) is 7.24. The highest BCUT2D eigenvalue weighted by molar-refractivity contribution is 6.32. The fourth-order valence-corrected chi connectivity index (χ4v) is 3.02. The Morgan fingerprint density at radius 3 is 3.15 bits per heavy atom. The maximum atomic E-state index is 9.43. The third-order valence-corrected chi connectivity index (χ3v) is 4.24. The average molecular weight is 292 g/mol. The summed E-state index contributed by atoms with van der Waals surface area (Å²) in [5.74, 6) is 0.127. The Bertz CT molecular complexity index is 624. The van der Waals surface area contributed by atoms with Crippen LogP contribution in [0.5, 0.6) is 5.75 Å². The largest absolute Gasteiger partial charge is 0.506 e. The molecular formula is C15H18ClN3O. The van der Waals surface area contributed by atoms with Crippen LogP contribution in [0.3, 0.4) is 0 Å². The number of phenolic OH excluding ortho intramolecular Hbond substituents is 1. The number of fused-ring (bicyclic) bond motifs is 1. The molecule has 0 radical (unpaired) electrons. The molecule has 0 saturated heterocycles. The molecule has 1 unspecified atom stereocenters. The zero-order valence-electron chi connectivity index (χ0n) is 11.4. The zero-order chi connectivity index (χ0) is 14.1. The minimum absolute atomic E-state index is 0.127. The van der Waals surface area contributed by atoms with Gasteiger partial charge >= 0.3 is 0 Å². The van der Waals surface area contributed by atoms with Crippen LogP contribution in [0, 0.1) is 0 Å². The highest BCUT2D eigenvalue weighted by Gasteiger charge is 2.22. The van der Waals surface area contributed by atoms with E-state index in [-0.39, 0.29) is 5.75 Å². The third-order valence-electron chi connectivity index (χ3n) is 3.94. The molecule has 2 N–H and O–H groups in total. The van der Waals surface area contributed by atoms with Gasteiger partial charge in [-0.25, -0.2) is 0 Å². The van der Waals surface area contributed by atoms with Gasteiger partial charge in [0.2, 0.25) is 0 Å². The fraction of sp³-hybridized carbons (Fsp3) is 0.400. The molecule has 0 bridgehead atoms. The molecule has 4 nitrogen and oxygen atoms in total. The first-order chi connectivity index (χ1) is 9.65. The van der Waals surface area contributed by atoms with Crippen LogP contribution in [0.4, 0.5) is 0 Å². The predicted octanol–water partition coefficient (Wildman–Crippen LogP) is 2.95. The number of benzene rings is 1. The summed E-state index contributed by atoms with van der Waals surface area (Å²) in [7, 11) is 2.00. The Labute approximate surface area is 123 Å². The van der Waals surface area contributed by atoms with Crippen molar-refractivity contribution in [2.24, 2.45) is 7.05 Å². The van der Waals surface area contributed by atoms with Crippen LogP contribution in [-0.2, 0) is 20.0 Å². The van der Waals surface area contributed by atoms with Crippen molar-refractivity contribution < 1.29 is 5.11 Å². The standard InChI is InChI=1S/C15H18ClN3O/c1-19-14-4-2-3-13(11(14)9-18-19)17-8-10-5-6-15(20)12(16)7-10/h5-7,9,13,17,20H,2-4,8H2,1H3. The minimum Gasteiger partial charge on any atom is -0.506 e. The Morgan fingerprint density at radius 1 is 1.50 bits per heavy atom. The number of nitrogens with one attached hydrogen (secondary N) is 1. The number of rotatable bonds is 3. The van der Waals surface area contributed by atoms with Gasteiger partial charge in [0.15, 0.2) is 0 Å². The lowest BCUT2D eigenvalue weighted by Gasteiger charge is -2.24. The van der Waals surface area contributed by atoms with Gasteiger partial charge in [-0.1, -0.05) is 17.7 Å². The summed E-state index contributed by atoms with van der Waals surface area (Å²) in [4.78, 5) is 0. The number of nitrogens with zero attached hydrogens (tertiary/aromatic N) is 2. The van der Waals surface area contributed by atoms with Crippen LogP contribution in [0.15, 0.2) is 24.4 Å². The zero-order valence-corrected chi connectivity index (χ0v) is 12.2. The van der Waals surface area contributed by atoms with Gasteiger partial charge in [0.05, 0.1) is 11.2 Å². The lowest BCUT2D eigenvalue weighted by atomic mass is 9.93. The van der Waals surface area contributed by atoms with E-state index in [0.717, 1.165) is 24.9 Å². The van der Waals surface area contributed by atoms with Gasteiger partial charge in [0, 0.05) is 30.9 Å². The van der Waals surface area contributed by atoms with E-state index >= 15 is 0 Å². The van der Waals surface area contributed by atoms with Gasteiger partial charge in [-0.15, -0.1) is 0 Å². The van der Waals surface area contributed by atoms with Crippen LogP contribution >= 0.6 is 11.6 Å². The smallest absolute Gasteiger partial charge is 0.134 e. The molecule has 1 aliphatic carbocycles. The number of aromatic nitrogens is 2. The van der Waals surface area contributed by atoms with Gasteiger partial charge in [-0.05, 0) is 37.0 Å². The molecule has 5 heteroatoms. The van der Waals surface area contributed by atoms with Crippen molar-refractivity contribution in [3.8, 4) is 5.75 Å². The molecule has 1 aliphatic rings. The molecule has 1 atom stereocenters. The Balaban J connectivity index is 1.71. The van der Waals surface area contributed by atoms with E-state index in [1.54, 1.807) is 12.1 Å². The maximum Gasteiger partial charge on any atom is 0.134 e. The summed E-state index contributed by atoms with van der Waals surface area (Å²) in [6, 6.07) is 5.67. The Hall–Kier alpha value is -1.52. The van der Waals surface area contributed by atoms with Crippen LogP contribution < -0.4 is 5.32 Å². The molecule has 0 amide bonds. The highest BCUT2D eigenvalue weighted by atomic mass is 35.5. The van der Waals surface area contributed by atoms with Gasteiger partial charge < -0.3 is 10.4 Å². The number of aryl methyl sites for hydroxylation is 1. The molecule has 3 rings (SSSR count). The molecule has 0 fully saturated rings. The topological polar surface area (TPSA) is 50.1 Å². The summed E-state index contributed by atoms with van der Waals surface area (Å²) in [5.41, 5.74) is 3.71. The molecular weight excluding hydrogens is 274 g/mol. The van der Waals surface area contributed by atoms with Gasteiger partial charge in [0.1, 0.15) is 5.75 Å². The summed E-state index contributed by atoms with van der Waals surface area (Å²) in [6.45, 7) is 0.735. The summed E-state index contributed by atoms with van der Waals surface area (Å²) in [6.07, 6.45) is 5.38. The van der Waals surface area contributed by atoms with Gasteiger partial charge in [-0.3, -0.25) is 4.68 Å². The van der Waals surface area contributed by atoms with E-state index in [2.05, 4.69) is 10.4 Å². The molecule has 1 aromatic carbocycles. The lowest BCUT2D eigenvalue weighted by Crippen LogP contribution is -2.24. The van der Waals surface area contributed by atoms with Crippen LogP contribution in [-0.4, -0.2) is 14.9 Å². The Morgan fingerprint density at radius 2 is 2.35 bits per heavy atom. The second-order valence-electron chi connectivity index (χ2n) is 5.28. The molecule has 1 aromatic heterocycles. The third kappa shape index (κ3) is 2.53. The Kier molecular flexibility index (Phi) is 3.68. The second kappa shape index (κ2) is 5.46. The lowest BCUT2D eigenvalue weighted by molar-refractivity contribution is 0.451. The molecule has 1 heterocycles. The van der Waals surface area contributed by atoms with E-state index < -0.39 is 0 Å². The minimum atomic E-state index is 0.127. The highest BCUT2D eigenvalue weighted by Crippen LogP contribution is 2.30. The van der Waals surface area contributed by atoms with E-state index in [4.69, 9.17) is 11.6 Å². The van der Waals surface area contributed by atoms with Crippen molar-refractivity contribution in [2.45, 2.75) is 31.8 Å². The first kappa shape index (κ1) is 13.5. The quantitative estimate of drug-likeness (QED) is 0.914. The molecule has 2 aromatic rings. The van der Waals surface area contributed by atoms with Crippen molar-refractivity contribution in [3.63, 3.8) is 0 Å². The maximum absolute atomic E-state index is 9.43. The van der Waals surface area contributed by atoms with Crippen molar-refractivity contribution in [3.05, 3.63) is 46.2 Å². The first-order valence-electron chi connectivity index (χ1n) is 6.86. The van der Waals surface area contributed by atoms with Gasteiger partial charge in [-0.2, -0.15) is 5.10 Å². The van der Waals surface area contributed by atoms with E-state index in [0.29, 0.717) is 11.1 Å². The van der Waals surface area contributed by atoms with Crippen molar-refractivity contribution in [2.75, 3.05) is 0 Å². The van der Waals surface area contributed by atoms with Crippen LogP contribution in [0.2, 0.25) is 5.02 Å². The summed E-state index contributed by atoms with van der Waals surface area (Å²) < 4.78 is 1.97. The van der Waals surface area contributed by atoms with E-state index in [1.165, 1.54) is 17.7 Å². The number of aromatic hydroxyl groups is 1. The second-order valence-corrected chi connectivity index (χ2v) is 5.69. The van der Waals surface area contributed by atoms with E-state index in [1.807, 2.05) is 24.0 Å². The van der Waals surface area contributed by atoms with Crippen molar-refractivity contribution in [1.29, 1.82) is 0 Å². The molecule has 106 valence electrons.